The van der Waals surface area contributed by atoms with Gasteiger partial charge in [-0.3, -0.25) is 5.10 Å². The van der Waals surface area contributed by atoms with Crippen molar-refractivity contribution in [1.29, 1.82) is 0 Å². The minimum Gasteiger partial charge on any atom is -0.378 e. The lowest BCUT2D eigenvalue weighted by Gasteiger charge is -2.28. The third-order valence-electron chi connectivity index (χ3n) is 5.16. The van der Waals surface area contributed by atoms with E-state index in [0.717, 1.165) is 56.8 Å². The highest BCUT2D eigenvalue weighted by Gasteiger charge is 2.22. The number of rotatable bonds is 9. The summed E-state index contributed by atoms with van der Waals surface area (Å²) in [6, 6.07) is 8.00. The largest absolute Gasteiger partial charge is 0.378 e. The van der Waals surface area contributed by atoms with Gasteiger partial charge in [0.05, 0.1) is 13.2 Å². The van der Waals surface area contributed by atoms with E-state index < -0.39 is 9.84 Å². The van der Waals surface area contributed by atoms with Crippen LogP contribution in [-0.4, -0.2) is 74.2 Å². The normalized spacial score (nSPS) is 14.6. The summed E-state index contributed by atoms with van der Waals surface area (Å²) in [5, 5.41) is 13.4. The first-order valence-corrected chi connectivity index (χ1v) is 12.4. The quantitative estimate of drug-likeness (QED) is 0.346. The third-order valence-corrected chi connectivity index (χ3v) is 6.16. The van der Waals surface area contributed by atoms with Crippen molar-refractivity contribution >= 4 is 44.0 Å². The summed E-state index contributed by atoms with van der Waals surface area (Å²) < 4.78 is 29.7. The van der Waals surface area contributed by atoms with Gasteiger partial charge in [0, 0.05) is 37.3 Å². The standard InChI is InChI=1S/C20H28N8O3S/c1-32(29,30)19-16-17(22-9-3-2-8-21)24-20(25-18(16)26-27-19)23-14-4-6-15(7-5-14)28-10-12-31-13-11-28/h4-7H,2-3,8-13,21H2,1H3,(H3,22,23,24,25,26,27). The minimum atomic E-state index is -3.55. The van der Waals surface area contributed by atoms with Crippen LogP contribution in [0.25, 0.3) is 11.0 Å². The van der Waals surface area contributed by atoms with E-state index >= 15 is 0 Å². The molecule has 5 N–H and O–H groups in total. The molecule has 0 spiro atoms. The molecule has 11 nitrogen and oxygen atoms in total. The predicted octanol–water partition coefficient (Wildman–Crippen LogP) is 1.49. The number of hydrogen-bond acceptors (Lipinski definition) is 10. The van der Waals surface area contributed by atoms with E-state index in [0.29, 0.717) is 35.9 Å². The lowest BCUT2D eigenvalue weighted by Crippen LogP contribution is -2.36. The van der Waals surface area contributed by atoms with Crippen LogP contribution in [0.5, 0.6) is 0 Å². The summed E-state index contributed by atoms with van der Waals surface area (Å²) in [6.07, 6.45) is 2.80. The van der Waals surface area contributed by atoms with Crippen molar-refractivity contribution in [2.24, 2.45) is 5.73 Å². The molecule has 3 aromatic rings. The number of H-pyrrole nitrogens is 1. The molecular formula is C20H28N8O3S. The second kappa shape index (κ2) is 9.67. The number of fused-ring (bicyclic) bond motifs is 1. The second-order valence-corrected chi connectivity index (χ2v) is 9.55. The molecule has 12 heteroatoms. The van der Waals surface area contributed by atoms with Gasteiger partial charge in [0.25, 0.3) is 0 Å². The van der Waals surface area contributed by atoms with Gasteiger partial charge in [0.15, 0.2) is 20.5 Å². The Balaban J connectivity index is 1.59. The molecule has 1 aliphatic heterocycles. The van der Waals surface area contributed by atoms with E-state index in [1.165, 1.54) is 0 Å². The fraction of sp³-hybridized carbons (Fsp3) is 0.450. The highest BCUT2D eigenvalue weighted by atomic mass is 32.2. The van der Waals surface area contributed by atoms with E-state index in [1.807, 2.05) is 24.3 Å². The second-order valence-electron chi connectivity index (χ2n) is 7.61. The zero-order valence-corrected chi connectivity index (χ0v) is 18.8. The van der Waals surface area contributed by atoms with Crippen LogP contribution in [0.2, 0.25) is 0 Å². The fourth-order valence-electron chi connectivity index (χ4n) is 3.54. The van der Waals surface area contributed by atoms with Gasteiger partial charge in [-0.25, -0.2) is 8.42 Å². The summed E-state index contributed by atoms with van der Waals surface area (Å²) >= 11 is 0. The number of nitrogens with two attached hydrogens (primary N) is 1. The first-order chi connectivity index (χ1) is 15.5. The lowest BCUT2D eigenvalue weighted by molar-refractivity contribution is 0.122. The Hall–Kier alpha value is -2.96. The average molecular weight is 461 g/mol. The van der Waals surface area contributed by atoms with E-state index in [1.54, 1.807) is 0 Å². The Labute approximate surface area is 186 Å². The van der Waals surface area contributed by atoms with Crippen LogP contribution in [-0.2, 0) is 14.6 Å². The molecule has 32 heavy (non-hydrogen) atoms. The highest BCUT2D eigenvalue weighted by molar-refractivity contribution is 7.90. The highest BCUT2D eigenvalue weighted by Crippen LogP contribution is 2.28. The number of morpholine rings is 1. The molecule has 0 radical (unpaired) electrons. The van der Waals surface area contributed by atoms with Crippen LogP contribution in [0.4, 0.5) is 23.1 Å². The molecule has 0 atom stereocenters. The number of aromatic nitrogens is 4. The first kappa shape index (κ1) is 22.2. The Morgan fingerprint density at radius 3 is 2.59 bits per heavy atom. The summed E-state index contributed by atoms with van der Waals surface area (Å²) in [6.45, 7) is 4.39. The van der Waals surface area contributed by atoms with Crippen LogP contribution in [0.1, 0.15) is 12.8 Å². The molecular weight excluding hydrogens is 432 g/mol. The Kier molecular flexibility index (Phi) is 6.72. The number of aromatic amines is 1. The van der Waals surface area contributed by atoms with Crippen LogP contribution in [0, 0.1) is 0 Å². The molecule has 4 rings (SSSR count). The van der Waals surface area contributed by atoms with E-state index in [4.69, 9.17) is 10.5 Å². The van der Waals surface area contributed by atoms with Gasteiger partial charge < -0.3 is 26.0 Å². The monoisotopic (exact) mass is 460 g/mol. The number of unbranched alkanes of at least 4 members (excludes halogenated alkanes) is 1. The third kappa shape index (κ3) is 5.09. The number of sulfone groups is 1. The number of benzene rings is 1. The van der Waals surface area contributed by atoms with Crippen LogP contribution >= 0.6 is 0 Å². The summed E-state index contributed by atoms with van der Waals surface area (Å²) in [5.41, 5.74) is 7.85. The molecule has 2 aromatic heterocycles. The number of ether oxygens (including phenoxy) is 1. The maximum Gasteiger partial charge on any atom is 0.231 e. The maximum atomic E-state index is 12.2. The van der Waals surface area contributed by atoms with Gasteiger partial charge in [0.1, 0.15) is 11.2 Å². The molecule has 1 saturated heterocycles. The lowest BCUT2D eigenvalue weighted by atomic mass is 10.2. The topological polar surface area (TPSA) is 151 Å². The molecule has 0 aliphatic carbocycles. The van der Waals surface area contributed by atoms with Crippen LogP contribution in [0.15, 0.2) is 29.3 Å². The van der Waals surface area contributed by atoms with Crippen molar-refractivity contribution in [2.45, 2.75) is 17.9 Å². The van der Waals surface area contributed by atoms with Crippen molar-refractivity contribution in [3.05, 3.63) is 24.3 Å². The Morgan fingerprint density at radius 1 is 1.16 bits per heavy atom. The number of nitrogens with one attached hydrogen (secondary N) is 3. The zero-order valence-electron chi connectivity index (χ0n) is 18.0. The molecule has 0 bridgehead atoms. The van der Waals surface area contributed by atoms with Gasteiger partial charge in [-0.2, -0.15) is 15.1 Å². The molecule has 1 aromatic carbocycles. The van der Waals surface area contributed by atoms with Gasteiger partial charge in [0.2, 0.25) is 5.95 Å². The van der Waals surface area contributed by atoms with Gasteiger partial charge in [-0.15, -0.1) is 0 Å². The zero-order chi connectivity index (χ0) is 22.6. The van der Waals surface area contributed by atoms with Crippen LogP contribution in [0.3, 0.4) is 0 Å². The summed E-state index contributed by atoms with van der Waals surface area (Å²) in [7, 11) is -3.55. The molecule has 0 unspecified atom stereocenters. The average Bonchev–Trinajstić information content (AvgIpc) is 3.23. The minimum absolute atomic E-state index is 0.0739. The smallest absolute Gasteiger partial charge is 0.231 e. The molecule has 0 saturated carbocycles. The van der Waals surface area contributed by atoms with Crippen molar-refractivity contribution in [2.75, 3.05) is 61.2 Å². The number of anilines is 4. The van der Waals surface area contributed by atoms with E-state index in [-0.39, 0.29) is 5.03 Å². The molecule has 1 fully saturated rings. The fourth-order valence-corrected chi connectivity index (χ4v) is 4.31. The van der Waals surface area contributed by atoms with Crippen molar-refractivity contribution in [3.63, 3.8) is 0 Å². The van der Waals surface area contributed by atoms with Crippen LogP contribution < -0.4 is 21.3 Å². The van der Waals surface area contributed by atoms with Crippen molar-refractivity contribution < 1.29 is 13.2 Å². The Morgan fingerprint density at radius 2 is 1.91 bits per heavy atom. The van der Waals surface area contributed by atoms with Crippen molar-refractivity contribution in [3.8, 4) is 0 Å². The first-order valence-electron chi connectivity index (χ1n) is 10.6. The summed E-state index contributed by atoms with van der Waals surface area (Å²) in [4.78, 5) is 11.2. The van der Waals surface area contributed by atoms with Gasteiger partial charge >= 0.3 is 0 Å². The van der Waals surface area contributed by atoms with Gasteiger partial charge in [-0.05, 0) is 43.7 Å². The van der Waals surface area contributed by atoms with E-state index in [9.17, 15) is 8.42 Å². The van der Waals surface area contributed by atoms with Gasteiger partial charge in [-0.1, -0.05) is 0 Å². The maximum absolute atomic E-state index is 12.2. The number of hydrogen-bond donors (Lipinski definition) is 4. The molecule has 1 aliphatic rings. The molecule has 172 valence electrons. The SMILES string of the molecule is CS(=O)(=O)c1n[nH]c2nc(Nc3ccc(N4CCOCC4)cc3)nc(NCCCCN)c12. The predicted molar refractivity (Wildman–Crippen MR) is 124 cm³/mol. The van der Waals surface area contributed by atoms with E-state index in [2.05, 4.69) is 35.7 Å². The van der Waals surface area contributed by atoms with Crippen molar-refractivity contribution in [1.82, 2.24) is 20.2 Å². The Bertz CT molecular complexity index is 1160. The molecule has 3 heterocycles. The summed E-state index contributed by atoms with van der Waals surface area (Å²) in [5.74, 6) is 0.746. The number of nitrogens with zero attached hydrogens (tertiary/aromatic N) is 4. The molecule has 0 amide bonds.